The minimum absolute atomic E-state index is 0.0545. The molecule has 0 aliphatic rings. The van der Waals surface area contributed by atoms with Crippen LogP contribution in [0.3, 0.4) is 0 Å². The predicted molar refractivity (Wildman–Crippen MR) is 304 cm³/mol. The average molecular weight is 995 g/mol. The van der Waals surface area contributed by atoms with Gasteiger partial charge in [-0.1, -0.05) is 232 Å². The quantitative estimate of drug-likeness (QED) is 0.0243. The second kappa shape index (κ2) is 50.8. The molecule has 0 aromatic carbocycles. The average Bonchev–Trinajstić information content (AvgIpc) is 3.32. The van der Waals surface area contributed by atoms with Gasteiger partial charge >= 0.3 is 7.82 Å². The molecule has 400 valence electrons. The van der Waals surface area contributed by atoms with Crippen LogP contribution < -0.4 is 5.32 Å². The molecule has 0 aliphatic heterocycles. The zero-order valence-corrected chi connectivity index (χ0v) is 46.4. The highest BCUT2D eigenvalue weighted by molar-refractivity contribution is 7.47. The van der Waals surface area contributed by atoms with E-state index in [9.17, 15) is 19.4 Å². The Kier molecular flexibility index (Phi) is 48.6. The molecule has 0 spiro atoms. The Morgan fingerprint density at radius 2 is 0.857 bits per heavy atom. The molecule has 0 aromatic rings. The highest BCUT2D eigenvalue weighted by Crippen LogP contribution is 2.43. The topological polar surface area (TPSA) is 105 Å². The Hall–Kier alpha value is -3.10. The molecule has 0 fully saturated rings. The van der Waals surface area contributed by atoms with Crippen LogP contribution in [0.5, 0.6) is 0 Å². The Morgan fingerprint density at radius 1 is 0.500 bits per heavy atom. The van der Waals surface area contributed by atoms with Gasteiger partial charge in [0, 0.05) is 6.42 Å². The molecular formula is C61H106N2O6P+. The van der Waals surface area contributed by atoms with Crippen molar-refractivity contribution in [3.05, 3.63) is 122 Å². The van der Waals surface area contributed by atoms with Crippen LogP contribution in [0.15, 0.2) is 122 Å². The first kappa shape index (κ1) is 66.9. The van der Waals surface area contributed by atoms with Gasteiger partial charge in [0.1, 0.15) is 13.2 Å². The van der Waals surface area contributed by atoms with Crippen molar-refractivity contribution in [2.24, 2.45) is 0 Å². The molecular weight excluding hydrogens is 888 g/mol. The van der Waals surface area contributed by atoms with Gasteiger partial charge in [0.05, 0.1) is 39.9 Å². The summed E-state index contributed by atoms with van der Waals surface area (Å²) in [4.78, 5) is 23.2. The van der Waals surface area contributed by atoms with Crippen LogP contribution in [0.2, 0.25) is 0 Å². The number of hydrogen-bond acceptors (Lipinski definition) is 5. The second-order valence-corrected chi connectivity index (χ2v) is 21.0. The number of hydrogen-bond donors (Lipinski definition) is 3. The first-order valence-corrected chi connectivity index (χ1v) is 29.4. The summed E-state index contributed by atoms with van der Waals surface area (Å²) in [5, 5.41) is 13.8. The standard InChI is InChI=1S/C61H105N2O6P/c1-6-8-10-12-14-16-18-19-20-21-22-23-24-25-26-27-28-29-30-31-32-33-34-35-36-37-38-39-40-41-42-43-45-47-49-51-53-55-61(65)62-59(58-69-70(66,67)68-57-56-63(3,4)5)60(64)54-52-50-48-46-44-17-15-13-11-9-7-2/h8,10,14,16,19-20,22-23,25-26,28-29,31-32,34-35,37-38,52,54,59-60,64H,6-7,9,11-13,15,17-18,21,24,27,30,33,36,39-51,53,55-58H2,1-5H3,(H-,62,65,66,67)/p+1/b10-8-,16-14-,20-19-,23-22-,26-25-,29-28-,32-31-,35-34-,38-37-,54-52+. The maximum absolute atomic E-state index is 12.9. The third-order valence-corrected chi connectivity index (χ3v) is 12.7. The van der Waals surface area contributed by atoms with Crippen LogP contribution in [0.1, 0.15) is 206 Å². The zero-order chi connectivity index (χ0) is 51.3. The zero-order valence-electron chi connectivity index (χ0n) is 45.5. The van der Waals surface area contributed by atoms with Gasteiger partial charge in [0.15, 0.2) is 0 Å². The summed E-state index contributed by atoms with van der Waals surface area (Å²) in [6, 6.07) is -0.856. The van der Waals surface area contributed by atoms with Gasteiger partial charge in [0.2, 0.25) is 5.91 Å². The van der Waals surface area contributed by atoms with E-state index in [2.05, 4.69) is 129 Å². The maximum atomic E-state index is 12.9. The maximum Gasteiger partial charge on any atom is 0.472 e. The van der Waals surface area contributed by atoms with Crippen molar-refractivity contribution in [1.29, 1.82) is 0 Å². The molecule has 0 heterocycles. The molecule has 0 saturated carbocycles. The SMILES string of the molecule is CC/C=C\C/C=C\C/C=C\C/C=C\C/C=C\C/C=C\C/C=C\C/C=C\C/C=C\CCCCCCCCCCCC(=O)NC(COP(=O)(O)OCC[N+](C)(C)C)C(O)/C=C/CCCCCCCCCCC. The Balaban J connectivity index is 4.11. The van der Waals surface area contributed by atoms with Crippen molar-refractivity contribution in [1.82, 2.24) is 5.32 Å². The van der Waals surface area contributed by atoms with Crippen LogP contribution in [0, 0.1) is 0 Å². The van der Waals surface area contributed by atoms with Crippen LogP contribution in [0.25, 0.3) is 0 Å². The highest BCUT2D eigenvalue weighted by atomic mass is 31.2. The molecule has 0 radical (unpaired) electrons. The normalized spacial score (nSPS) is 14.9. The van der Waals surface area contributed by atoms with E-state index in [4.69, 9.17) is 9.05 Å². The van der Waals surface area contributed by atoms with E-state index in [1.165, 1.54) is 83.5 Å². The van der Waals surface area contributed by atoms with Crippen molar-refractivity contribution in [2.75, 3.05) is 40.9 Å². The molecule has 0 aromatic heterocycles. The van der Waals surface area contributed by atoms with Crippen molar-refractivity contribution in [2.45, 2.75) is 219 Å². The Morgan fingerprint density at radius 3 is 1.26 bits per heavy atom. The van der Waals surface area contributed by atoms with Crippen LogP contribution in [-0.2, 0) is 18.4 Å². The van der Waals surface area contributed by atoms with E-state index in [1.807, 2.05) is 27.2 Å². The Bertz CT molecular complexity index is 1550. The lowest BCUT2D eigenvalue weighted by Gasteiger charge is -2.25. The smallest absolute Gasteiger partial charge is 0.387 e. The molecule has 0 aliphatic carbocycles. The van der Waals surface area contributed by atoms with E-state index in [1.54, 1.807) is 6.08 Å². The summed E-state index contributed by atoms with van der Waals surface area (Å²) < 4.78 is 23.6. The number of unbranched alkanes of at least 4 members (excludes halogenated alkanes) is 18. The molecule has 3 unspecified atom stereocenters. The van der Waals surface area contributed by atoms with Crippen LogP contribution in [0.4, 0.5) is 0 Å². The number of carbonyl (C=O) groups excluding carboxylic acids is 1. The third-order valence-electron chi connectivity index (χ3n) is 11.7. The van der Waals surface area contributed by atoms with Crippen molar-refractivity contribution in [3.63, 3.8) is 0 Å². The number of nitrogens with one attached hydrogen (secondary N) is 1. The lowest BCUT2D eigenvalue weighted by atomic mass is 10.0. The number of rotatable bonds is 49. The van der Waals surface area contributed by atoms with Gasteiger partial charge in [-0.2, -0.15) is 0 Å². The summed E-state index contributed by atoms with van der Waals surface area (Å²) in [5.41, 5.74) is 0. The molecule has 0 bridgehead atoms. The Labute approximate surface area is 431 Å². The highest BCUT2D eigenvalue weighted by Gasteiger charge is 2.27. The van der Waals surface area contributed by atoms with E-state index in [0.717, 1.165) is 103 Å². The number of carbonyl (C=O) groups is 1. The summed E-state index contributed by atoms with van der Waals surface area (Å²) in [6.45, 7) is 4.66. The van der Waals surface area contributed by atoms with E-state index in [-0.39, 0.29) is 19.1 Å². The van der Waals surface area contributed by atoms with Crippen molar-refractivity contribution >= 4 is 13.7 Å². The van der Waals surface area contributed by atoms with Crippen molar-refractivity contribution in [3.8, 4) is 0 Å². The minimum Gasteiger partial charge on any atom is -0.387 e. The first-order chi connectivity index (χ1) is 34.0. The fourth-order valence-corrected chi connectivity index (χ4v) is 8.06. The van der Waals surface area contributed by atoms with Crippen molar-refractivity contribution < 1.29 is 32.9 Å². The number of amides is 1. The molecule has 3 atom stereocenters. The number of aliphatic hydroxyl groups is 1. The van der Waals surface area contributed by atoms with E-state index in [0.29, 0.717) is 17.4 Å². The van der Waals surface area contributed by atoms with E-state index < -0.39 is 20.0 Å². The lowest BCUT2D eigenvalue weighted by Crippen LogP contribution is -2.45. The van der Waals surface area contributed by atoms with Gasteiger partial charge in [0.25, 0.3) is 0 Å². The number of allylic oxidation sites excluding steroid dienone is 19. The second-order valence-electron chi connectivity index (χ2n) is 19.6. The number of phosphoric acid groups is 1. The van der Waals surface area contributed by atoms with E-state index >= 15 is 0 Å². The summed E-state index contributed by atoms with van der Waals surface area (Å²) in [6.07, 6.45) is 75.8. The first-order valence-electron chi connectivity index (χ1n) is 27.9. The molecule has 3 N–H and O–H groups in total. The summed E-state index contributed by atoms with van der Waals surface area (Å²) in [5.74, 6) is -0.190. The molecule has 0 rings (SSSR count). The van der Waals surface area contributed by atoms with Gasteiger partial charge in [-0.15, -0.1) is 0 Å². The largest absolute Gasteiger partial charge is 0.472 e. The summed E-state index contributed by atoms with van der Waals surface area (Å²) >= 11 is 0. The van der Waals surface area contributed by atoms with Crippen LogP contribution >= 0.6 is 7.82 Å². The van der Waals surface area contributed by atoms with Gasteiger partial charge < -0.3 is 19.8 Å². The van der Waals surface area contributed by atoms with Gasteiger partial charge in [-0.05, 0) is 89.9 Å². The molecule has 8 nitrogen and oxygen atoms in total. The molecule has 9 heteroatoms. The van der Waals surface area contributed by atoms with Gasteiger partial charge in [-0.25, -0.2) is 4.57 Å². The molecule has 70 heavy (non-hydrogen) atoms. The van der Waals surface area contributed by atoms with Gasteiger partial charge in [-0.3, -0.25) is 13.8 Å². The molecule has 0 saturated heterocycles. The number of quaternary nitrogens is 1. The fourth-order valence-electron chi connectivity index (χ4n) is 7.33. The number of aliphatic hydroxyl groups excluding tert-OH is 1. The third kappa shape index (κ3) is 52.7. The summed E-state index contributed by atoms with van der Waals surface area (Å²) in [7, 11) is 1.55. The number of phosphoric ester groups is 1. The minimum atomic E-state index is -4.35. The predicted octanol–water partition coefficient (Wildman–Crippen LogP) is 17.0. The lowest BCUT2D eigenvalue weighted by molar-refractivity contribution is -0.870. The number of likely N-dealkylation sites (N-methyl/N-ethyl adjacent to an activating group) is 1. The fraction of sp³-hybridized carbons (Fsp3) is 0.656. The molecule has 1 amide bonds. The number of nitrogens with zero attached hydrogens (tertiary/aromatic N) is 1. The van der Waals surface area contributed by atoms with Crippen LogP contribution in [-0.4, -0.2) is 73.4 Å². The monoisotopic (exact) mass is 994 g/mol.